The summed E-state index contributed by atoms with van der Waals surface area (Å²) in [6.45, 7) is 0.648. The number of benzene rings is 1. The number of carbonyl (C=O) groups is 2. The highest BCUT2D eigenvalue weighted by Crippen LogP contribution is 2.37. The average molecular weight is 412 g/mol. The van der Waals surface area contributed by atoms with Gasteiger partial charge >= 0.3 is 0 Å². The zero-order chi connectivity index (χ0) is 21.4. The maximum atomic E-state index is 12.9. The molecule has 0 fully saturated rings. The number of para-hydroxylation sites is 1. The molecule has 8 heteroatoms. The molecule has 1 aliphatic rings. The normalized spacial score (nSPS) is 14.3. The minimum absolute atomic E-state index is 0.288. The summed E-state index contributed by atoms with van der Waals surface area (Å²) in [4.78, 5) is 34.3. The standard InChI is InChI=1S/C23H20N6O2/c1-28-22(30)20(17-13-25-18-9-3-2-8-16(17)18)21(23(28)31)19-14-29(27-26-19)11-5-7-15-6-4-10-24-12-15/h2-4,6,8-10,12-14,25H,5,7,11H2,1H3. The third-order valence-corrected chi connectivity index (χ3v) is 5.52. The number of carbonyl (C=O) groups excluding carboxylic acids is 2. The lowest BCUT2D eigenvalue weighted by Crippen LogP contribution is -2.26. The smallest absolute Gasteiger partial charge is 0.263 e. The molecule has 1 aliphatic heterocycles. The molecule has 0 radical (unpaired) electrons. The maximum Gasteiger partial charge on any atom is 0.263 e. The van der Waals surface area contributed by atoms with E-state index in [4.69, 9.17) is 0 Å². The van der Waals surface area contributed by atoms with Gasteiger partial charge in [-0.2, -0.15) is 0 Å². The Balaban J connectivity index is 1.47. The largest absolute Gasteiger partial charge is 0.361 e. The van der Waals surface area contributed by atoms with Gasteiger partial charge in [-0.15, -0.1) is 5.10 Å². The van der Waals surface area contributed by atoms with Crippen LogP contribution in [0.5, 0.6) is 0 Å². The average Bonchev–Trinajstić information content (AvgIpc) is 3.48. The summed E-state index contributed by atoms with van der Waals surface area (Å²) in [5.41, 5.74) is 3.80. The summed E-state index contributed by atoms with van der Waals surface area (Å²) in [5.74, 6) is -0.705. The molecule has 0 saturated heterocycles. The van der Waals surface area contributed by atoms with Crippen LogP contribution in [0.4, 0.5) is 0 Å². The van der Waals surface area contributed by atoms with Crippen LogP contribution < -0.4 is 0 Å². The lowest BCUT2D eigenvalue weighted by molar-refractivity contribution is -0.134. The first kappa shape index (κ1) is 18.9. The Bertz CT molecular complexity index is 1320. The first-order valence-electron chi connectivity index (χ1n) is 10.1. The van der Waals surface area contributed by atoms with Crippen LogP contribution in [0, 0.1) is 0 Å². The number of aryl methyl sites for hydroxylation is 2. The topological polar surface area (TPSA) is 96.8 Å². The van der Waals surface area contributed by atoms with Crippen molar-refractivity contribution < 1.29 is 9.59 Å². The lowest BCUT2D eigenvalue weighted by atomic mass is 9.99. The van der Waals surface area contributed by atoms with E-state index in [0.717, 1.165) is 34.2 Å². The Morgan fingerprint density at radius 3 is 2.71 bits per heavy atom. The van der Waals surface area contributed by atoms with E-state index in [0.29, 0.717) is 23.4 Å². The summed E-state index contributed by atoms with van der Waals surface area (Å²) in [5, 5.41) is 9.28. The fourth-order valence-corrected chi connectivity index (χ4v) is 3.92. The second-order valence-corrected chi connectivity index (χ2v) is 7.50. The van der Waals surface area contributed by atoms with Crippen molar-refractivity contribution in [3.8, 4) is 0 Å². The number of imide groups is 1. The zero-order valence-corrected chi connectivity index (χ0v) is 16.9. The summed E-state index contributed by atoms with van der Waals surface area (Å²) in [6, 6.07) is 11.6. The summed E-state index contributed by atoms with van der Waals surface area (Å²) >= 11 is 0. The Morgan fingerprint density at radius 1 is 1.03 bits per heavy atom. The quantitative estimate of drug-likeness (QED) is 0.491. The highest BCUT2D eigenvalue weighted by molar-refractivity contribution is 6.49. The molecule has 154 valence electrons. The van der Waals surface area contributed by atoms with Gasteiger partial charge in [0.2, 0.25) is 0 Å². The minimum atomic E-state index is -0.368. The molecule has 1 N–H and O–H groups in total. The van der Waals surface area contributed by atoms with Gasteiger partial charge in [0.25, 0.3) is 11.8 Å². The van der Waals surface area contributed by atoms with Gasteiger partial charge in [-0.05, 0) is 30.5 Å². The van der Waals surface area contributed by atoms with E-state index in [1.807, 2.05) is 42.6 Å². The fraction of sp³-hybridized carbons (Fsp3) is 0.174. The molecule has 5 rings (SSSR count). The Kier molecular flexibility index (Phi) is 4.66. The van der Waals surface area contributed by atoms with Crippen LogP contribution >= 0.6 is 0 Å². The fourth-order valence-electron chi connectivity index (χ4n) is 3.92. The first-order valence-corrected chi connectivity index (χ1v) is 10.1. The number of rotatable bonds is 6. The van der Waals surface area contributed by atoms with Crippen LogP contribution in [-0.4, -0.2) is 48.7 Å². The van der Waals surface area contributed by atoms with Crippen molar-refractivity contribution in [2.75, 3.05) is 7.05 Å². The molecule has 8 nitrogen and oxygen atoms in total. The highest BCUT2D eigenvalue weighted by atomic mass is 16.2. The summed E-state index contributed by atoms with van der Waals surface area (Å²) in [6.07, 6.45) is 8.83. The van der Waals surface area contributed by atoms with Gasteiger partial charge in [0.15, 0.2) is 0 Å². The number of fused-ring (bicyclic) bond motifs is 1. The van der Waals surface area contributed by atoms with E-state index in [2.05, 4.69) is 20.3 Å². The number of aromatic nitrogens is 5. The van der Waals surface area contributed by atoms with Gasteiger partial charge in [0, 0.05) is 48.6 Å². The van der Waals surface area contributed by atoms with Crippen LogP contribution in [0.2, 0.25) is 0 Å². The van der Waals surface area contributed by atoms with Gasteiger partial charge in [-0.3, -0.25) is 24.2 Å². The minimum Gasteiger partial charge on any atom is -0.361 e. The molecule has 4 aromatic rings. The number of nitrogens with zero attached hydrogens (tertiary/aromatic N) is 5. The molecule has 3 aromatic heterocycles. The number of likely N-dealkylation sites (N-methyl/N-ethyl adjacent to an activating group) is 1. The predicted molar refractivity (Wildman–Crippen MR) is 115 cm³/mol. The van der Waals surface area contributed by atoms with E-state index < -0.39 is 0 Å². The molecule has 4 heterocycles. The number of hydrogen-bond donors (Lipinski definition) is 1. The molecule has 2 amide bonds. The van der Waals surface area contributed by atoms with Gasteiger partial charge in [0.05, 0.1) is 17.3 Å². The molecule has 31 heavy (non-hydrogen) atoms. The summed E-state index contributed by atoms with van der Waals surface area (Å²) < 4.78 is 1.71. The van der Waals surface area contributed by atoms with Crippen LogP contribution in [0.15, 0.2) is 61.2 Å². The second-order valence-electron chi connectivity index (χ2n) is 7.50. The highest BCUT2D eigenvalue weighted by Gasteiger charge is 2.39. The van der Waals surface area contributed by atoms with E-state index in [-0.39, 0.29) is 17.4 Å². The molecular formula is C23H20N6O2. The number of aromatic amines is 1. The van der Waals surface area contributed by atoms with Crippen LogP contribution in [0.25, 0.3) is 22.0 Å². The van der Waals surface area contributed by atoms with Gasteiger partial charge < -0.3 is 4.98 Å². The Labute approximate surface area is 178 Å². The molecule has 0 atom stereocenters. The number of pyridine rings is 1. The van der Waals surface area contributed by atoms with Crippen LogP contribution in [0.1, 0.15) is 23.2 Å². The SMILES string of the molecule is CN1C(=O)C(c2cn(CCCc3cccnc3)nn2)=C(c2c[nH]c3ccccc23)C1=O. The summed E-state index contributed by atoms with van der Waals surface area (Å²) in [7, 11) is 1.49. The monoisotopic (exact) mass is 412 g/mol. The first-order chi connectivity index (χ1) is 15.1. The van der Waals surface area contributed by atoms with Crippen molar-refractivity contribution >= 4 is 33.9 Å². The second kappa shape index (κ2) is 7.64. The number of H-pyrrole nitrogens is 1. The van der Waals surface area contributed by atoms with Gasteiger partial charge in [-0.25, -0.2) is 0 Å². The molecule has 0 saturated carbocycles. The van der Waals surface area contributed by atoms with Crippen molar-refractivity contribution in [2.24, 2.45) is 0 Å². The third-order valence-electron chi connectivity index (χ3n) is 5.52. The Hall–Kier alpha value is -4.07. The lowest BCUT2D eigenvalue weighted by Gasteiger charge is -2.05. The van der Waals surface area contributed by atoms with E-state index >= 15 is 0 Å². The van der Waals surface area contributed by atoms with Crippen LogP contribution in [-0.2, 0) is 22.6 Å². The molecule has 0 spiro atoms. The number of hydrogen-bond acceptors (Lipinski definition) is 5. The van der Waals surface area contributed by atoms with Gasteiger partial charge in [0.1, 0.15) is 5.69 Å². The van der Waals surface area contributed by atoms with Crippen molar-refractivity contribution in [1.82, 2.24) is 29.9 Å². The molecule has 0 unspecified atom stereocenters. The van der Waals surface area contributed by atoms with E-state index in [1.165, 1.54) is 7.05 Å². The number of amides is 2. The van der Waals surface area contributed by atoms with Crippen molar-refractivity contribution in [1.29, 1.82) is 0 Å². The molecule has 0 bridgehead atoms. The number of nitrogens with one attached hydrogen (secondary N) is 1. The van der Waals surface area contributed by atoms with Crippen molar-refractivity contribution in [3.63, 3.8) is 0 Å². The molecule has 0 aliphatic carbocycles. The zero-order valence-electron chi connectivity index (χ0n) is 16.9. The van der Waals surface area contributed by atoms with Crippen molar-refractivity contribution in [2.45, 2.75) is 19.4 Å². The maximum absolute atomic E-state index is 12.9. The predicted octanol–water partition coefficient (Wildman–Crippen LogP) is 2.70. The molecule has 1 aromatic carbocycles. The Morgan fingerprint density at radius 2 is 1.87 bits per heavy atom. The van der Waals surface area contributed by atoms with E-state index in [1.54, 1.807) is 23.3 Å². The van der Waals surface area contributed by atoms with Crippen LogP contribution in [0.3, 0.4) is 0 Å². The van der Waals surface area contributed by atoms with E-state index in [9.17, 15) is 9.59 Å². The third kappa shape index (κ3) is 3.31. The van der Waals surface area contributed by atoms with Gasteiger partial charge in [-0.1, -0.05) is 29.5 Å². The molecular weight excluding hydrogens is 392 g/mol. The van der Waals surface area contributed by atoms with Crippen molar-refractivity contribution in [3.05, 3.63) is 78.0 Å².